The molecule has 9 heteroatoms. The van der Waals surface area contributed by atoms with Gasteiger partial charge in [-0.2, -0.15) is 0 Å². The van der Waals surface area contributed by atoms with Crippen molar-refractivity contribution in [1.82, 2.24) is 24.8 Å². The lowest BCUT2D eigenvalue weighted by atomic mass is 10.1. The Balaban J connectivity index is 1.45. The van der Waals surface area contributed by atoms with Crippen molar-refractivity contribution in [3.63, 3.8) is 0 Å². The summed E-state index contributed by atoms with van der Waals surface area (Å²) >= 11 is 6.35. The van der Waals surface area contributed by atoms with Crippen LogP contribution in [0, 0.1) is 0 Å². The number of aromatic nitrogens is 4. The average molecular weight is 411 g/mol. The van der Waals surface area contributed by atoms with Gasteiger partial charge in [0.1, 0.15) is 11.9 Å². The lowest BCUT2D eigenvalue weighted by Crippen LogP contribution is -2.51. The number of anilines is 1. The Labute approximate surface area is 171 Å². The van der Waals surface area contributed by atoms with Gasteiger partial charge in [-0.25, -0.2) is 4.98 Å². The number of pyridine rings is 1. The minimum Gasteiger partial charge on any atom is -0.378 e. The molecule has 1 aliphatic rings. The van der Waals surface area contributed by atoms with Gasteiger partial charge in [0, 0.05) is 40.9 Å². The molecule has 1 aromatic carbocycles. The number of imidazole rings is 1. The summed E-state index contributed by atoms with van der Waals surface area (Å²) in [5.74, 6) is 0.676. The predicted octanol–water partition coefficient (Wildman–Crippen LogP) is 2.93. The molecule has 0 saturated carbocycles. The Morgan fingerprint density at radius 1 is 1.34 bits per heavy atom. The molecule has 4 aromatic rings. The van der Waals surface area contributed by atoms with Crippen molar-refractivity contribution in [3.8, 4) is 0 Å². The van der Waals surface area contributed by atoms with E-state index in [0.717, 1.165) is 27.6 Å². The van der Waals surface area contributed by atoms with Crippen LogP contribution < -0.4 is 5.32 Å². The topological polar surface area (TPSA) is 98.9 Å². The molecule has 8 nitrogen and oxygen atoms in total. The zero-order valence-electron chi connectivity index (χ0n) is 15.5. The molecular weight excluding hydrogens is 392 g/mol. The molecule has 0 unspecified atom stereocenters. The van der Waals surface area contributed by atoms with E-state index in [2.05, 4.69) is 30.2 Å². The van der Waals surface area contributed by atoms with Gasteiger partial charge >= 0.3 is 0 Å². The van der Waals surface area contributed by atoms with E-state index in [1.807, 2.05) is 12.1 Å². The van der Waals surface area contributed by atoms with Gasteiger partial charge in [-0.15, -0.1) is 0 Å². The van der Waals surface area contributed by atoms with Crippen LogP contribution in [0.3, 0.4) is 0 Å². The van der Waals surface area contributed by atoms with E-state index in [0.29, 0.717) is 37.0 Å². The summed E-state index contributed by atoms with van der Waals surface area (Å²) in [6.07, 6.45) is 6.98. The third-order valence-corrected chi connectivity index (χ3v) is 5.40. The number of nitrogens with zero attached hydrogens (tertiary/aromatic N) is 3. The first kappa shape index (κ1) is 18.1. The minimum absolute atomic E-state index is 0.142. The third-order valence-electron chi connectivity index (χ3n) is 5.18. The summed E-state index contributed by atoms with van der Waals surface area (Å²) in [6.45, 7) is 2.12. The molecule has 0 aliphatic carbocycles. The SMILES string of the molecule is O=C(Nc1cc(Cl)cc2c1[nH]c1cnccc12)[C@@H]1COCCN1Cc1ncc[nH]1. The highest BCUT2D eigenvalue weighted by Gasteiger charge is 2.30. The van der Waals surface area contributed by atoms with E-state index in [9.17, 15) is 4.79 Å². The fraction of sp³-hybridized carbons (Fsp3) is 0.250. The van der Waals surface area contributed by atoms with Crippen molar-refractivity contribution in [2.45, 2.75) is 12.6 Å². The van der Waals surface area contributed by atoms with Gasteiger partial charge < -0.3 is 20.0 Å². The van der Waals surface area contributed by atoms with E-state index in [4.69, 9.17) is 16.3 Å². The molecule has 1 saturated heterocycles. The number of carbonyl (C=O) groups excluding carboxylic acids is 1. The van der Waals surface area contributed by atoms with Crippen molar-refractivity contribution >= 4 is 45.0 Å². The number of hydrogen-bond donors (Lipinski definition) is 3. The van der Waals surface area contributed by atoms with Crippen molar-refractivity contribution in [2.24, 2.45) is 0 Å². The second-order valence-corrected chi connectivity index (χ2v) is 7.44. The molecule has 4 heterocycles. The summed E-state index contributed by atoms with van der Waals surface area (Å²) in [5, 5.41) is 5.54. The summed E-state index contributed by atoms with van der Waals surface area (Å²) in [7, 11) is 0. The molecule has 0 bridgehead atoms. The summed E-state index contributed by atoms with van der Waals surface area (Å²) in [6, 6.07) is 5.15. The molecule has 1 amide bonds. The van der Waals surface area contributed by atoms with Crippen LogP contribution in [-0.4, -0.2) is 56.5 Å². The fourth-order valence-corrected chi connectivity index (χ4v) is 4.00. The van der Waals surface area contributed by atoms with E-state index in [1.54, 1.807) is 30.9 Å². The van der Waals surface area contributed by atoms with Crippen LogP contribution in [0.15, 0.2) is 43.0 Å². The predicted molar refractivity (Wildman–Crippen MR) is 111 cm³/mol. The molecule has 3 aromatic heterocycles. The summed E-state index contributed by atoms with van der Waals surface area (Å²) in [4.78, 5) is 30.1. The standard InChI is InChI=1S/C20H19ClN6O2/c21-12-7-14-13-1-2-22-9-16(13)25-19(14)15(8-12)26-20(28)17-11-29-6-5-27(17)10-18-23-3-4-24-18/h1-4,7-9,17,25H,5-6,10-11H2,(H,23,24)(H,26,28)/t17-/m0/s1. The maximum atomic E-state index is 13.1. The monoisotopic (exact) mass is 410 g/mol. The molecule has 1 aliphatic heterocycles. The van der Waals surface area contributed by atoms with Gasteiger partial charge in [-0.1, -0.05) is 11.6 Å². The maximum absolute atomic E-state index is 13.1. The Kier molecular flexibility index (Phi) is 4.67. The Morgan fingerprint density at radius 3 is 3.14 bits per heavy atom. The van der Waals surface area contributed by atoms with E-state index >= 15 is 0 Å². The van der Waals surface area contributed by atoms with Crippen LogP contribution in [0.2, 0.25) is 5.02 Å². The number of amides is 1. The molecule has 148 valence electrons. The van der Waals surface area contributed by atoms with Crippen LogP contribution in [-0.2, 0) is 16.1 Å². The van der Waals surface area contributed by atoms with Crippen molar-refractivity contribution in [2.75, 3.05) is 25.1 Å². The van der Waals surface area contributed by atoms with E-state index in [1.165, 1.54) is 0 Å². The maximum Gasteiger partial charge on any atom is 0.244 e. The Morgan fingerprint density at radius 2 is 2.28 bits per heavy atom. The number of benzene rings is 1. The molecule has 3 N–H and O–H groups in total. The first-order valence-electron chi connectivity index (χ1n) is 9.35. The van der Waals surface area contributed by atoms with Gasteiger partial charge in [-0.3, -0.25) is 14.7 Å². The molecule has 0 spiro atoms. The smallest absolute Gasteiger partial charge is 0.244 e. The van der Waals surface area contributed by atoms with Gasteiger partial charge in [0.15, 0.2) is 0 Å². The number of halogens is 1. The lowest BCUT2D eigenvalue weighted by molar-refractivity contribution is -0.127. The van der Waals surface area contributed by atoms with Gasteiger partial charge in [0.25, 0.3) is 0 Å². The molecular formula is C20H19ClN6O2. The fourth-order valence-electron chi connectivity index (χ4n) is 3.78. The highest BCUT2D eigenvalue weighted by Crippen LogP contribution is 2.33. The zero-order valence-corrected chi connectivity index (χ0v) is 16.2. The summed E-state index contributed by atoms with van der Waals surface area (Å²) in [5.41, 5.74) is 2.35. The van der Waals surface area contributed by atoms with Gasteiger partial charge in [0.05, 0.1) is 42.7 Å². The first-order chi connectivity index (χ1) is 14.2. The van der Waals surface area contributed by atoms with Crippen LogP contribution in [0.4, 0.5) is 5.69 Å². The van der Waals surface area contributed by atoms with E-state index < -0.39 is 6.04 Å². The van der Waals surface area contributed by atoms with Crippen molar-refractivity contribution in [1.29, 1.82) is 0 Å². The second kappa shape index (κ2) is 7.47. The van der Waals surface area contributed by atoms with Crippen LogP contribution in [0.25, 0.3) is 21.8 Å². The zero-order chi connectivity index (χ0) is 19.8. The lowest BCUT2D eigenvalue weighted by Gasteiger charge is -2.33. The highest BCUT2D eigenvalue weighted by atomic mass is 35.5. The van der Waals surface area contributed by atoms with Crippen molar-refractivity contribution < 1.29 is 9.53 Å². The number of aromatic amines is 2. The number of morpholine rings is 1. The molecule has 1 fully saturated rings. The Hall–Kier alpha value is -2.94. The number of fused-ring (bicyclic) bond motifs is 3. The minimum atomic E-state index is -0.422. The highest BCUT2D eigenvalue weighted by molar-refractivity contribution is 6.32. The number of hydrogen-bond acceptors (Lipinski definition) is 5. The summed E-state index contributed by atoms with van der Waals surface area (Å²) < 4.78 is 5.57. The number of ether oxygens (including phenoxy) is 1. The van der Waals surface area contributed by atoms with Crippen LogP contribution in [0.1, 0.15) is 5.82 Å². The largest absolute Gasteiger partial charge is 0.378 e. The average Bonchev–Trinajstić information content (AvgIpc) is 3.36. The quantitative estimate of drug-likeness (QED) is 0.480. The number of H-pyrrole nitrogens is 2. The number of carbonyl (C=O) groups is 1. The molecule has 0 radical (unpaired) electrons. The molecule has 5 rings (SSSR count). The van der Waals surface area contributed by atoms with Crippen LogP contribution in [0.5, 0.6) is 0 Å². The van der Waals surface area contributed by atoms with Crippen LogP contribution >= 0.6 is 11.6 Å². The molecule has 1 atom stereocenters. The van der Waals surface area contributed by atoms with Gasteiger partial charge in [0.2, 0.25) is 5.91 Å². The molecule has 29 heavy (non-hydrogen) atoms. The van der Waals surface area contributed by atoms with Gasteiger partial charge in [-0.05, 0) is 18.2 Å². The van der Waals surface area contributed by atoms with E-state index in [-0.39, 0.29) is 5.91 Å². The Bertz CT molecular complexity index is 1170. The van der Waals surface area contributed by atoms with Crippen molar-refractivity contribution in [3.05, 3.63) is 53.8 Å². The third kappa shape index (κ3) is 3.46. The number of nitrogens with one attached hydrogen (secondary N) is 3. The normalized spacial score (nSPS) is 17.8. The first-order valence-corrected chi connectivity index (χ1v) is 9.73. The number of rotatable bonds is 4. The second-order valence-electron chi connectivity index (χ2n) is 7.01.